The number of nitrogens with one attached hydrogen (secondary N) is 1. The lowest BCUT2D eigenvalue weighted by atomic mass is 10.1. The highest BCUT2D eigenvalue weighted by molar-refractivity contribution is 5.78. The summed E-state index contributed by atoms with van der Waals surface area (Å²) < 4.78 is 12.1. The minimum atomic E-state index is -0.310. The molecule has 0 amide bonds. The summed E-state index contributed by atoms with van der Waals surface area (Å²) in [5.41, 5.74) is 5.83. The van der Waals surface area contributed by atoms with E-state index < -0.39 is 0 Å². The van der Waals surface area contributed by atoms with Crippen LogP contribution < -0.4 is 11.1 Å². The van der Waals surface area contributed by atoms with E-state index in [0.717, 1.165) is 12.8 Å². The van der Waals surface area contributed by atoms with Crippen LogP contribution in [0, 0.1) is 0 Å². The molecular weight excluding hydrogens is 242 g/mol. The molecule has 1 spiro atoms. The smallest absolute Gasteiger partial charge is 0.188 e. The second-order valence-electron chi connectivity index (χ2n) is 6.02. The zero-order valence-corrected chi connectivity index (χ0v) is 11.6. The van der Waals surface area contributed by atoms with Gasteiger partial charge in [0.15, 0.2) is 11.7 Å². The summed E-state index contributed by atoms with van der Waals surface area (Å²) in [7, 11) is 0. The number of ether oxygens (including phenoxy) is 2. The van der Waals surface area contributed by atoms with Gasteiger partial charge in [-0.2, -0.15) is 0 Å². The van der Waals surface area contributed by atoms with Crippen LogP contribution in [0.15, 0.2) is 4.99 Å². The zero-order chi connectivity index (χ0) is 13.1. The van der Waals surface area contributed by atoms with Gasteiger partial charge in [-0.05, 0) is 25.7 Å². The minimum Gasteiger partial charge on any atom is -0.370 e. The fraction of sp³-hybridized carbons (Fsp3) is 0.929. The first kappa shape index (κ1) is 13.2. The van der Waals surface area contributed by atoms with Crippen LogP contribution in [0.25, 0.3) is 0 Å². The molecule has 2 aliphatic carbocycles. The SMILES string of the molecule is NC(=NCC1COC2(CCCCCC2)O1)NC1CC1. The molecule has 2 saturated carbocycles. The monoisotopic (exact) mass is 267 g/mol. The molecule has 108 valence electrons. The van der Waals surface area contributed by atoms with Gasteiger partial charge >= 0.3 is 0 Å². The second-order valence-corrected chi connectivity index (χ2v) is 6.02. The maximum Gasteiger partial charge on any atom is 0.188 e. The van der Waals surface area contributed by atoms with Crippen LogP contribution in [0.3, 0.4) is 0 Å². The topological polar surface area (TPSA) is 68.9 Å². The van der Waals surface area contributed by atoms with Crippen molar-refractivity contribution in [2.75, 3.05) is 13.2 Å². The Balaban J connectivity index is 1.47. The van der Waals surface area contributed by atoms with Gasteiger partial charge < -0.3 is 20.5 Å². The Hall–Kier alpha value is -0.810. The van der Waals surface area contributed by atoms with Crippen molar-refractivity contribution in [2.45, 2.75) is 69.3 Å². The van der Waals surface area contributed by atoms with E-state index in [-0.39, 0.29) is 11.9 Å². The van der Waals surface area contributed by atoms with E-state index >= 15 is 0 Å². The molecule has 0 aromatic heterocycles. The van der Waals surface area contributed by atoms with Crippen LogP contribution in [0.1, 0.15) is 51.4 Å². The highest BCUT2D eigenvalue weighted by atomic mass is 16.7. The first-order valence-corrected chi connectivity index (χ1v) is 7.64. The highest BCUT2D eigenvalue weighted by Gasteiger charge is 2.41. The summed E-state index contributed by atoms with van der Waals surface area (Å²) >= 11 is 0. The first-order valence-electron chi connectivity index (χ1n) is 7.64. The Kier molecular flexibility index (Phi) is 3.93. The average molecular weight is 267 g/mol. The highest BCUT2D eigenvalue weighted by Crippen LogP contribution is 2.36. The molecule has 5 nitrogen and oxygen atoms in total. The molecule has 0 radical (unpaired) electrons. The summed E-state index contributed by atoms with van der Waals surface area (Å²) in [6, 6.07) is 0.553. The number of hydrogen-bond acceptors (Lipinski definition) is 3. The van der Waals surface area contributed by atoms with E-state index in [2.05, 4.69) is 10.3 Å². The number of rotatable bonds is 3. The average Bonchev–Trinajstić information content (AvgIpc) is 3.14. The molecule has 0 aromatic carbocycles. The van der Waals surface area contributed by atoms with Crippen molar-refractivity contribution in [1.29, 1.82) is 0 Å². The van der Waals surface area contributed by atoms with Crippen molar-refractivity contribution >= 4 is 5.96 Å². The molecule has 0 bridgehead atoms. The molecule has 1 heterocycles. The lowest BCUT2D eigenvalue weighted by molar-refractivity contribution is -0.174. The normalized spacial score (nSPS) is 31.4. The summed E-state index contributed by atoms with van der Waals surface area (Å²) in [6.45, 7) is 1.26. The van der Waals surface area contributed by atoms with Crippen LogP contribution in [0.2, 0.25) is 0 Å². The lowest BCUT2D eigenvalue weighted by Gasteiger charge is -2.26. The van der Waals surface area contributed by atoms with Crippen molar-refractivity contribution in [3.63, 3.8) is 0 Å². The van der Waals surface area contributed by atoms with E-state index in [1.807, 2.05) is 0 Å². The van der Waals surface area contributed by atoms with Crippen LogP contribution in [0.4, 0.5) is 0 Å². The molecule has 1 saturated heterocycles. The van der Waals surface area contributed by atoms with Gasteiger partial charge in [0.25, 0.3) is 0 Å². The fourth-order valence-electron chi connectivity index (χ4n) is 2.92. The van der Waals surface area contributed by atoms with Crippen molar-refractivity contribution in [3.05, 3.63) is 0 Å². The Morgan fingerprint density at radius 3 is 2.63 bits per heavy atom. The molecule has 3 fully saturated rings. The standard InChI is InChI=1S/C14H25N3O2/c15-13(17-11-5-6-11)16-9-12-10-18-14(19-12)7-3-1-2-4-8-14/h11-12H,1-10H2,(H3,15,16,17). The van der Waals surface area contributed by atoms with Gasteiger partial charge in [0.1, 0.15) is 6.10 Å². The molecule has 3 rings (SSSR count). The van der Waals surface area contributed by atoms with Gasteiger partial charge in [0, 0.05) is 18.9 Å². The molecule has 1 atom stereocenters. The molecule has 19 heavy (non-hydrogen) atoms. The van der Waals surface area contributed by atoms with Gasteiger partial charge in [-0.15, -0.1) is 0 Å². The molecule has 0 aromatic rings. The van der Waals surface area contributed by atoms with Crippen LogP contribution in [0.5, 0.6) is 0 Å². The summed E-state index contributed by atoms with van der Waals surface area (Å²) in [6.07, 6.45) is 9.57. The molecule has 3 N–H and O–H groups in total. The summed E-state index contributed by atoms with van der Waals surface area (Å²) in [4.78, 5) is 4.37. The first-order chi connectivity index (χ1) is 9.26. The molecule has 3 aliphatic rings. The number of hydrogen-bond donors (Lipinski definition) is 2. The Morgan fingerprint density at radius 1 is 1.21 bits per heavy atom. The van der Waals surface area contributed by atoms with E-state index in [1.54, 1.807) is 0 Å². The minimum absolute atomic E-state index is 0.0673. The van der Waals surface area contributed by atoms with Gasteiger partial charge in [-0.1, -0.05) is 12.8 Å². The zero-order valence-electron chi connectivity index (χ0n) is 11.6. The maximum absolute atomic E-state index is 6.13. The largest absolute Gasteiger partial charge is 0.370 e. The van der Waals surface area contributed by atoms with Crippen LogP contribution in [-0.4, -0.2) is 37.0 Å². The van der Waals surface area contributed by atoms with Crippen molar-refractivity contribution in [3.8, 4) is 0 Å². The van der Waals surface area contributed by atoms with Crippen molar-refractivity contribution < 1.29 is 9.47 Å². The predicted molar refractivity (Wildman–Crippen MR) is 73.9 cm³/mol. The van der Waals surface area contributed by atoms with Crippen LogP contribution in [-0.2, 0) is 9.47 Å². The quantitative estimate of drug-likeness (QED) is 0.601. The van der Waals surface area contributed by atoms with Gasteiger partial charge in [-0.25, -0.2) is 0 Å². The van der Waals surface area contributed by atoms with Gasteiger partial charge in [-0.3, -0.25) is 4.99 Å². The molecule has 1 unspecified atom stereocenters. The van der Waals surface area contributed by atoms with Gasteiger partial charge in [0.05, 0.1) is 13.2 Å². The van der Waals surface area contributed by atoms with Crippen molar-refractivity contribution in [1.82, 2.24) is 5.32 Å². The number of nitrogens with two attached hydrogens (primary N) is 1. The number of guanidine groups is 1. The molecular formula is C14H25N3O2. The lowest BCUT2D eigenvalue weighted by Crippen LogP contribution is -2.35. The Morgan fingerprint density at radius 2 is 1.95 bits per heavy atom. The van der Waals surface area contributed by atoms with E-state index in [1.165, 1.54) is 38.5 Å². The third-order valence-electron chi connectivity index (χ3n) is 4.17. The Labute approximate surface area is 114 Å². The molecule has 1 aliphatic heterocycles. The van der Waals surface area contributed by atoms with E-state index in [9.17, 15) is 0 Å². The van der Waals surface area contributed by atoms with E-state index in [4.69, 9.17) is 15.2 Å². The number of aliphatic imine (C=N–C) groups is 1. The summed E-state index contributed by atoms with van der Waals surface area (Å²) in [5.74, 6) is 0.239. The third-order valence-corrected chi connectivity index (χ3v) is 4.17. The molecule has 5 heteroatoms. The Bertz CT molecular complexity index is 334. The maximum atomic E-state index is 6.13. The third kappa shape index (κ3) is 3.60. The number of nitrogens with zero attached hydrogens (tertiary/aromatic N) is 1. The predicted octanol–water partition coefficient (Wildman–Crippen LogP) is 1.52. The van der Waals surface area contributed by atoms with Crippen molar-refractivity contribution in [2.24, 2.45) is 10.7 Å². The van der Waals surface area contributed by atoms with E-state index in [0.29, 0.717) is 25.2 Å². The summed E-state index contributed by atoms with van der Waals surface area (Å²) in [5, 5.41) is 3.19. The second kappa shape index (κ2) is 5.67. The van der Waals surface area contributed by atoms with Crippen LogP contribution >= 0.6 is 0 Å². The van der Waals surface area contributed by atoms with Gasteiger partial charge in [0.2, 0.25) is 0 Å². The fourth-order valence-corrected chi connectivity index (χ4v) is 2.92.